The first-order valence-corrected chi connectivity index (χ1v) is 7.49. The van der Waals surface area contributed by atoms with E-state index in [9.17, 15) is 4.79 Å². The van der Waals surface area contributed by atoms with Crippen molar-refractivity contribution in [2.45, 2.75) is 38.6 Å². The van der Waals surface area contributed by atoms with Crippen LogP contribution in [-0.2, 0) is 4.79 Å². The summed E-state index contributed by atoms with van der Waals surface area (Å²) in [6, 6.07) is 8.44. The molecule has 0 radical (unpaired) electrons. The number of nitrogens with zero attached hydrogens (tertiary/aromatic N) is 1. The third kappa shape index (κ3) is 4.32. The SMILES string of the molecule is Cc1ccc(NC(=O)CN2CCCC2CCCN)cc1. The van der Waals surface area contributed by atoms with Gasteiger partial charge >= 0.3 is 0 Å². The number of benzene rings is 1. The van der Waals surface area contributed by atoms with Crippen LogP contribution >= 0.6 is 0 Å². The van der Waals surface area contributed by atoms with Crippen molar-refractivity contribution in [1.82, 2.24) is 4.90 Å². The van der Waals surface area contributed by atoms with Crippen LogP contribution in [0.25, 0.3) is 0 Å². The molecule has 1 saturated heterocycles. The van der Waals surface area contributed by atoms with E-state index in [1.54, 1.807) is 0 Å². The second-order valence-electron chi connectivity index (χ2n) is 5.61. The summed E-state index contributed by atoms with van der Waals surface area (Å²) in [5, 5.41) is 2.97. The molecule has 2 rings (SSSR count). The van der Waals surface area contributed by atoms with Crippen LogP contribution in [0, 0.1) is 6.92 Å². The molecule has 1 aromatic carbocycles. The van der Waals surface area contributed by atoms with Gasteiger partial charge in [-0.3, -0.25) is 9.69 Å². The molecule has 0 saturated carbocycles. The Bertz CT molecular complexity index is 430. The maximum absolute atomic E-state index is 12.1. The summed E-state index contributed by atoms with van der Waals surface area (Å²) in [5.74, 6) is 0.0773. The van der Waals surface area contributed by atoms with Crippen molar-refractivity contribution in [3.8, 4) is 0 Å². The Hall–Kier alpha value is -1.39. The van der Waals surface area contributed by atoms with Crippen molar-refractivity contribution in [1.29, 1.82) is 0 Å². The fourth-order valence-corrected chi connectivity index (χ4v) is 2.81. The number of nitrogens with two attached hydrogens (primary N) is 1. The summed E-state index contributed by atoms with van der Waals surface area (Å²) >= 11 is 0. The molecule has 1 fully saturated rings. The molecule has 4 heteroatoms. The quantitative estimate of drug-likeness (QED) is 0.836. The van der Waals surface area contributed by atoms with Gasteiger partial charge in [0.15, 0.2) is 0 Å². The fourth-order valence-electron chi connectivity index (χ4n) is 2.81. The number of hydrogen-bond donors (Lipinski definition) is 2. The van der Waals surface area contributed by atoms with Gasteiger partial charge in [0.2, 0.25) is 5.91 Å². The van der Waals surface area contributed by atoms with Crippen molar-refractivity contribution in [3.63, 3.8) is 0 Å². The number of carbonyl (C=O) groups excluding carboxylic acids is 1. The van der Waals surface area contributed by atoms with Gasteiger partial charge < -0.3 is 11.1 Å². The van der Waals surface area contributed by atoms with Gasteiger partial charge in [0.25, 0.3) is 0 Å². The van der Waals surface area contributed by atoms with Gasteiger partial charge in [-0.2, -0.15) is 0 Å². The molecule has 110 valence electrons. The van der Waals surface area contributed by atoms with Crippen LogP contribution < -0.4 is 11.1 Å². The van der Waals surface area contributed by atoms with Crippen LogP contribution in [0.15, 0.2) is 24.3 Å². The lowest BCUT2D eigenvalue weighted by Crippen LogP contribution is -2.37. The molecule has 3 N–H and O–H groups in total. The number of nitrogens with one attached hydrogen (secondary N) is 1. The van der Waals surface area contributed by atoms with Gasteiger partial charge in [-0.05, 0) is 57.8 Å². The minimum Gasteiger partial charge on any atom is -0.330 e. The van der Waals surface area contributed by atoms with E-state index in [-0.39, 0.29) is 5.91 Å². The minimum absolute atomic E-state index is 0.0773. The van der Waals surface area contributed by atoms with Crippen molar-refractivity contribution in [3.05, 3.63) is 29.8 Å². The van der Waals surface area contributed by atoms with Gasteiger partial charge in [0.05, 0.1) is 6.54 Å². The smallest absolute Gasteiger partial charge is 0.238 e. The van der Waals surface area contributed by atoms with E-state index in [1.165, 1.54) is 18.4 Å². The number of likely N-dealkylation sites (tertiary alicyclic amines) is 1. The molecular formula is C16H25N3O. The van der Waals surface area contributed by atoms with Gasteiger partial charge in [-0.25, -0.2) is 0 Å². The molecule has 1 aromatic rings. The molecule has 1 aliphatic heterocycles. The molecular weight excluding hydrogens is 250 g/mol. The van der Waals surface area contributed by atoms with Crippen LogP contribution in [0.5, 0.6) is 0 Å². The third-order valence-electron chi connectivity index (χ3n) is 3.92. The zero-order valence-electron chi connectivity index (χ0n) is 12.3. The molecule has 0 aliphatic carbocycles. The molecule has 4 nitrogen and oxygen atoms in total. The monoisotopic (exact) mass is 275 g/mol. The highest BCUT2D eigenvalue weighted by Gasteiger charge is 2.25. The lowest BCUT2D eigenvalue weighted by Gasteiger charge is -2.23. The molecule has 1 atom stereocenters. The zero-order valence-corrected chi connectivity index (χ0v) is 12.3. The van der Waals surface area contributed by atoms with Crippen molar-refractivity contribution < 1.29 is 4.79 Å². The largest absolute Gasteiger partial charge is 0.330 e. The zero-order chi connectivity index (χ0) is 14.4. The van der Waals surface area contributed by atoms with E-state index in [1.807, 2.05) is 31.2 Å². The van der Waals surface area contributed by atoms with E-state index in [2.05, 4.69) is 10.2 Å². The fraction of sp³-hybridized carbons (Fsp3) is 0.562. The Morgan fingerprint density at radius 1 is 1.40 bits per heavy atom. The lowest BCUT2D eigenvalue weighted by molar-refractivity contribution is -0.117. The molecule has 20 heavy (non-hydrogen) atoms. The van der Waals surface area contributed by atoms with Crippen LogP contribution in [0.3, 0.4) is 0 Å². The maximum atomic E-state index is 12.1. The minimum atomic E-state index is 0.0773. The topological polar surface area (TPSA) is 58.4 Å². The first-order valence-electron chi connectivity index (χ1n) is 7.49. The van der Waals surface area contributed by atoms with Crippen molar-refractivity contribution in [2.75, 3.05) is 25.0 Å². The average Bonchev–Trinajstić information content (AvgIpc) is 2.86. The van der Waals surface area contributed by atoms with E-state index in [0.717, 1.165) is 31.6 Å². The Balaban J connectivity index is 1.82. The third-order valence-corrected chi connectivity index (χ3v) is 3.92. The highest BCUT2D eigenvalue weighted by atomic mass is 16.2. The second kappa shape index (κ2) is 7.41. The van der Waals surface area contributed by atoms with Crippen LogP contribution in [-0.4, -0.2) is 36.5 Å². The highest BCUT2D eigenvalue weighted by molar-refractivity contribution is 5.92. The second-order valence-corrected chi connectivity index (χ2v) is 5.61. The Labute approximate surface area is 121 Å². The van der Waals surface area contributed by atoms with E-state index in [4.69, 9.17) is 5.73 Å². The Kier molecular flexibility index (Phi) is 5.56. The van der Waals surface area contributed by atoms with Gasteiger partial charge in [-0.1, -0.05) is 17.7 Å². The summed E-state index contributed by atoms with van der Waals surface area (Å²) in [5.41, 5.74) is 7.64. The Morgan fingerprint density at radius 3 is 2.85 bits per heavy atom. The number of aryl methyl sites for hydroxylation is 1. The molecule has 1 unspecified atom stereocenters. The van der Waals surface area contributed by atoms with Crippen molar-refractivity contribution in [2.24, 2.45) is 5.73 Å². The van der Waals surface area contributed by atoms with E-state index >= 15 is 0 Å². The predicted molar refractivity (Wildman–Crippen MR) is 82.7 cm³/mol. The molecule has 0 bridgehead atoms. The van der Waals surface area contributed by atoms with E-state index < -0.39 is 0 Å². The number of amides is 1. The number of anilines is 1. The molecule has 0 aromatic heterocycles. The molecule has 1 amide bonds. The number of rotatable bonds is 6. The summed E-state index contributed by atoms with van der Waals surface area (Å²) in [7, 11) is 0. The van der Waals surface area contributed by atoms with Gasteiger partial charge in [0, 0.05) is 11.7 Å². The number of carbonyl (C=O) groups is 1. The molecule has 1 aliphatic rings. The van der Waals surface area contributed by atoms with Crippen molar-refractivity contribution >= 4 is 11.6 Å². The normalized spacial score (nSPS) is 19.2. The standard InChI is InChI=1S/C16H25N3O/c1-13-6-8-14(9-7-13)18-16(20)12-19-11-3-5-15(19)4-2-10-17/h6-9,15H,2-5,10-12,17H2,1H3,(H,18,20). The van der Waals surface area contributed by atoms with Gasteiger partial charge in [0.1, 0.15) is 0 Å². The summed E-state index contributed by atoms with van der Waals surface area (Å²) in [6.07, 6.45) is 4.53. The predicted octanol–water partition coefficient (Wildman–Crippen LogP) is 2.14. The first kappa shape index (κ1) is 15.0. The maximum Gasteiger partial charge on any atom is 0.238 e. The highest BCUT2D eigenvalue weighted by Crippen LogP contribution is 2.21. The first-order chi connectivity index (χ1) is 9.69. The molecule has 1 heterocycles. The van der Waals surface area contributed by atoms with Crippen LogP contribution in [0.1, 0.15) is 31.2 Å². The summed E-state index contributed by atoms with van der Waals surface area (Å²) in [4.78, 5) is 14.4. The molecule has 0 spiro atoms. The number of hydrogen-bond acceptors (Lipinski definition) is 3. The van der Waals surface area contributed by atoms with E-state index in [0.29, 0.717) is 12.6 Å². The summed E-state index contributed by atoms with van der Waals surface area (Å²) in [6.45, 7) is 4.29. The van der Waals surface area contributed by atoms with Crippen LogP contribution in [0.2, 0.25) is 0 Å². The summed E-state index contributed by atoms with van der Waals surface area (Å²) < 4.78 is 0. The Morgan fingerprint density at radius 2 is 2.15 bits per heavy atom. The average molecular weight is 275 g/mol. The van der Waals surface area contributed by atoms with Gasteiger partial charge in [-0.15, -0.1) is 0 Å². The lowest BCUT2D eigenvalue weighted by atomic mass is 10.1. The van der Waals surface area contributed by atoms with Crippen LogP contribution in [0.4, 0.5) is 5.69 Å².